The fourth-order valence-electron chi connectivity index (χ4n) is 1.10. The van der Waals surface area contributed by atoms with Gasteiger partial charge in [0.05, 0.1) is 0 Å². The lowest BCUT2D eigenvalue weighted by Gasteiger charge is -2.23. The van der Waals surface area contributed by atoms with Crippen molar-refractivity contribution >= 4 is 17.6 Å². The second-order valence-electron chi connectivity index (χ2n) is 3.37. The number of alkyl halides is 6. The number of carboxylic acid groups (broad SMARTS) is 1. The minimum Gasteiger partial charge on any atom is -0.477 e. The molecule has 1 aromatic heterocycles. The van der Waals surface area contributed by atoms with Crippen LogP contribution >= 0.6 is 11.6 Å². The fourth-order valence-corrected chi connectivity index (χ4v) is 1.24. The van der Waals surface area contributed by atoms with Crippen LogP contribution in [0.5, 0.6) is 5.88 Å². The van der Waals surface area contributed by atoms with Gasteiger partial charge < -0.3 is 9.84 Å². The Kier molecular flexibility index (Phi) is 4.37. The van der Waals surface area contributed by atoms with Crippen LogP contribution in [0.4, 0.5) is 26.3 Å². The molecule has 0 aromatic carbocycles. The van der Waals surface area contributed by atoms with Crippen molar-refractivity contribution < 1.29 is 41.0 Å². The van der Waals surface area contributed by atoms with Gasteiger partial charge in [0.25, 0.3) is 6.10 Å². The van der Waals surface area contributed by atoms with Crippen molar-refractivity contribution in [3.05, 3.63) is 22.8 Å². The van der Waals surface area contributed by atoms with E-state index in [1.165, 1.54) is 0 Å². The maximum absolute atomic E-state index is 12.3. The van der Waals surface area contributed by atoms with Gasteiger partial charge in [0, 0.05) is 0 Å². The Bertz CT molecular complexity index is 501. The van der Waals surface area contributed by atoms with Crippen LogP contribution in [0.2, 0.25) is 5.15 Å². The van der Waals surface area contributed by atoms with Crippen molar-refractivity contribution in [2.45, 2.75) is 18.5 Å². The van der Waals surface area contributed by atoms with E-state index < -0.39 is 41.0 Å². The minimum atomic E-state index is -5.79. The molecule has 0 radical (unpaired) electrons. The van der Waals surface area contributed by atoms with Gasteiger partial charge in [-0.1, -0.05) is 11.6 Å². The first-order valence-electron chi connectivity index (χ1n) is 4.63. The van der Waals surface area contributed by atoms with E-state index in [9.17, 15) is 31.1 Å². The van der Waals surface area contributed by atoms with Crippen molar-refractivity contribution in [2.24, 2.45) is 0 Å². The maximum atomic E-state index is 12.3. The highest BCUT2D eigenvalue weighted by Gasteiger charge is 2.59. The maximum Gasteiger partial charge on any atom is 0.434 e. The average Bonchev–Trinajstić information content (AvgIpc) is 2.22. The Balaban J connectivity index is 3.24. The fraction of sp³-hybridized carbons (Fsp3) is 0.333. The summed E-state index contributed by atoms with van der Waals surface area (Å²) in [4.78, 5) is 13.7. The molecule has 0 saturated heterocycles. The molecule has 4 nitrogen and oxygen atoms in total. The number of hydrogen-bond donors (Lipinski definition) is 1. The monoisotopic (exact) mass is 323 g/mol. The normalized spacial score (nSPS) is 12.6. The molecule has 1 N–H and O–H groups in total. The summed E-state index contributed by atoms with van der Waals surface area (Å²) in [5.74, 6) is -3.18. The van der Waals surface area contributed by atoms with Gasteiger partial charge in [0.15, 0.2) is 0 Å². The molecule has 1 rings (SSSR count). The quantitative estimate of drug-likeness (QED) is 0.685. The zero-order valence-electron chi connectivity index (χ0n) is 9.09. The van der Waals surface area contributed by atoms with Crippen molar-refractivity contribution in [1.29, 1.82) is 0 Å². The smallest absolute Gasteiger partial charge is 0.434 e. The Morgan fingerprint density at radius 1 is 1.20 bits per heavy atom. The number of hydrogen-bond acceptors (Lipinski definition) is 3. The highest BCUT2D eigenvalue weighted by Crippen LogP contribution is 2.37. The summed E-state index contributed by atoms with van der Waals surface area (Å²) in [6.07, 6.45) is -15.8. The third-order valence-electron chi connectivity index (χ3n) is 1.88. The Morgan fingerprint density at radius 3 is 2.10 bits per heavy atom. The molecule has 0 aliphatic heterocycles. The van der Waals surface area contributed by atoms with Crippen LogP contribution in [0.25, 0.3) is 0 Å². The number of rotatable bonds is 3. The van der Waals surface area contributed by atoms with Gasteiger partial charge in [-0.25, -0.2) is 9.78 Å². The summed E-state index contributed by atoms with van der Waals surface area (Å²) >= 11 is 5.29. The molecule has 20 heavy (non-hydrogen) atoms. The molecule has 0 spiro atoms. The van der Waals surface area contributed by atoms with Crippen molar-refractivity contribution in [3.63, 3.8) is 0 Å². The van der Waals surface area contributed by atoms with Gasteiger partial charge in [0.2, 0.25) is 5.88 Å². The number of aromatic carboxylic acids is 1. The molecule has 0 bridgehead atoms. The zero-order valence-corrected chi connectivity index (χ0v) is 9.84. The number of halogens is 7. The van der Waals surface area contributed by atoms with Gasteiger partial charge in [-0.2, -0.15) is 26.3 Å². The standard InChI is InChI=1S/C9H4ClF6NO3/c10-4-2-1-3(6(18)19)5(17-4)20-7(8(11,12)13)9(14,15)16/h1-2,7H,(H,18,19). The highest BCUT2D eigenvalue weighted by atomic mass is 35.5. The van der Waals surface area contributed by atoms with Crippen LogP contribution in [0.15, 0.2) is 12.1 Å². The van der Waals surface area contributed by atoms with Gasteiger partial charge in [-0.3, -0.25) is 0 Å². The SMILES string of the molecule is O=C(O)c1ccc(Cl)nc1OC(C(F)(F)F)C(F)(F)F. The van der Waals surface area contributed by atoms with Crippen LogP contribution in [0.1, 0.15) is 10.4 Å². The van der Waals surface area contributed by atoms with E-state index in [1.54, 1.807) is 0 Å². The lowest BCUT2D eigenvalue weighted by molar-refractivity contribution is -0.300. The first kappa shape index (κ1) is 16.3. The average molecular weight is 324 g/mol. The van der Waals surface area contributed by atoms with Crippen LogP contribution < -0.4 is 4.74 Å². The molecule has 0 saturated carbocycles. The Labute approximate surface area is 111 Å². The number of carboxylic acids is 1. The van der Waals surface area contributed by atoms with Crippen molar-refractivity contribution in [3.8, 4) is 5.88 Å². The van der Waals surface area contributed by atoms with E-state index in [0.717, 1.165) is 6.07 Å². The molecule has 1 heterocycles. The van der Waals surface area contributed by atoms with Crippen LogP contribution in [-0.2, 0) is 0 Å². The topological polar surface area (TPSA) is 59.4 Å². The van der Waals surface area contributed by atoms with E-state index in [-0.39, 0.29) is 0 Å². The van der Waals surface area contributed by atoms with E-state index in [1.807, 2.05) is 0 Å². The number of ether oxygens (including phenoxy) is 1. The van der Waals surface area contributed by atoms with Gasteiger partial charge in [-0.15, -0.1) is 0 Å². The first-order chi connectivity index (χ1) is 8.93. The number of nitrogens with zero attached hydrogens (tertiary/aromatic N) is 1. The second-order valence-corrected chi connectivity index (χ2v) is 3.76. The second kappa shape index (κ2) is 5.35. The molecule has 0 atom stereocenters. The van der Waals surface area contributed by atoms with Gasteiger partial charge in [0.1, 0.15) is 10.7 Å². The Hall–Kier alpha value is -1.71. The third-order valence-corrected chi connectivity index (χ3v) is 2.09. The van der Waals surface area contributed by atoms with Crippen LogP contribution in [0, 0.1) is 0 Å². The predicted molar refractivity (Wildman–Crippen MR) is 52.7 cm³/mol. The highest BCUT2D eigenvalue weighted by molar-refractivity contribution is 6.29. The van der Waals surface area contributed by atoms with Crippen molar-refractivity contribution in [1.82, 2.24) is 4.98 Å². The molecule has 112 valence electrons. The largest absolute Gasteiger partial charge is 0.477 e. The molecule has 0 amide bonds. The van der Waals surface area contributed by atoms with Crippen LogP contribution in [0.3, 0.4) is 0 Å². The lowest BCUT2D eigenvalue weighted by Crippen LogP contribution is -2.47. The molecular formula is C9H4ClF6NO3. The summed E-state index contributed by atoms with van der Waals surface area (Å²) in [7, 11) is 0. The summed E-state index contributed by atoms with van der Waals surface area (Å²) in [5.41, 5.74) is -0.979. The predicted octanol–water partition coefficient (Wildman–Crippen LogP) is 3.31. The number of carbonyl (C=O) groups is 1. The molecule has 11 heteroatoms. The zero-order chi connectivity index (χ0) is 15.7. The molecular weight excluding hydrogens is 320 g/mol. The minimum absolute atomic E-state index is 0.520. The van der Waals surface area contributed by atoms with E-state index in [0.29, 0.717) is 6.07 Å². The lowest BCUT2D eigenvalue weighted by atomic mass is 10.2. The molecule has 0 aliphatic carbocycles. The third kappa shape index (κ3) is 3.89. The Morgan fingerprint density at radius 2 is 1.70 bits per heavy atom. The van der Waals surface area contributed by atoms with E-state index >= 15 is 0 Å². The number of pyridine rings is 1. The van der Waals surface area contributed by atoms with E-state index in [4.69, 9.17) is 16.7 Å². The summed E-state index contributed by atoms with van der Waals surface area (Å²) in [6, 6.07) is 1.56. The summed E-state index contributed by atoms with van der Waals surface area (Å²) in [5, 5.41) is 8.13. The molecule has 0 aliphatic rings. The molecule has 1 aromatic rings. The molecule has 0 unspecified atom stereocenters. The van der Waals surface area contributed by atoms with Gasteiger partial charge in [-0.05, 0) is 12.1 Å². The number of aromatic nitrogens is 1. The van der Waals surface area contributed by atoms with E-state index in [2.05, 4.69) is 9.72 Å². The van der Waals surface area contributed by atoms with Crippen LogP contribution in [-0.4, -0.2) is 34.5 Å². The van der Waals surface area contributed by atoms with Gasteiger partial charge >= 0.3 is 18.3 Å². The summed E-state index contributed by atoms with van der Waals surface area (Å²) < 4.78 is 77.4. The van der Waals surface area contributed by atoms with Crippen molar-refractivity contribution in [2.75, 3.05) is 0 Å². The molecule has 0 fully saturated rings. The first-order valence-corrected chi connectivity index (χ1v) is 5.00. The summed E-state index contributed by atoms with van der Waals surface area (Å²) in [6.45, 7) is 0.